The maximum absolute atomic E-state index is 12.8. The number of nitrogens with one attached hydrogen (secondary N) is 1. The Morgan fingerprint density at radius 1 is 1.12 bits per heavy atom. The minimum absolute atomic E-state index is 0.0763. The number of carbonyl (C=O) groups excluding carboxylic acids is 1. The lowest BCUT2D eigenvalue weighted by Crippen LogP contribution is -2.43. The van der Waals surface area contributed by atoms with Crippen LogP contribution >= 0.6 is 0 Å². The summed E-state index contributed by atoms with van der Waals surface area (Å²) in [5.41, 5.74) is -0.0137. The van der Waals surface area contributed by atoms with Gasteiger partial charge in [0, 0.05) is 12.3 Å². The molecule has 142 valence electrons. The van der Waals surface area contributed by atoms with Gasteiger partial charge in [-0.1, -0.05) is 40.0 Å². The number of anilines is 1. The number of rotatable bonds is 12. The number of ether oxygens (including phenoxy) is 2. The Balaban J connectivity index is 2.71. The fourth-order valence-corrected chi connectivity index (χ4v) is 2.49. The van der Waals surface area contributed by atoms with Crippen LogP contribution in [0.15, 0.2) is 24.3 Å². The van der Waals surface area contributed by atoms with Crippen LogP contribution < -0.4 is 10.1 Å². The molecule has 1 amide bonds. The Kier molecular flexibility index (Phi) is 9.58. The first-order valence-corrected chi connectivity index (χ1v) is 9.67. The third-order valence-electron chi connectivity index (χ3n) is 4.39. The van der Waals surface area contributed by atoms with Crippen LogP contribution in [0.4, 0.5) is 5.69 Å². The van der Waals surface area contributed by atoms with E-state index in [2.05, 4.69) is 26.1 Å². The zero-order valence-electron chi connectivity index (χ0n) is 16.6. The summed E-state index contributed by atoms with van der Waals surface area (Å²) in [5, 5.41) is 2.99. The van der Waals surface area contributed by atoms with Crippen LogP contribution in [0.5, 0.6) is 5.75 Å². The number of hydrogen-bond acceptors (Lipinski definition) is 3. The Hall–Kier alpha value is -1.55. The fourth-order valence-electron chi connectivity index (χ4n) is 2.49. The second kappa shape index (κ2) is 11.1. The van der Waals surface area contributed by atoms with E-state index < -0.39 is 5.60 Å². The number of unbranched alkanes of at least 4 members (excludes halogenated alkanes) is 2. The van der Waals surface area contributed by atoms with E-state index in [1.807, 2.05) is 38.1 Å². The monoisotopic (exact) mass is 349 g/mol. The lowest BCUT2D eigenvalue weighted by atomic mass is 9.96. The van der Waals surface area contributed by atoms with Crippen molar-refractivity contribution in [2.24, 2.45) is 0 Å². The van der Waals surface area contributed by atoms with Crippen molar-refractivity contribution >= 4 is 11.6 Å². The van der Waals surface area contributed by atoms with Crippen LogP contribution in [0.1, 0.15) is 73.1 Å². The molecule has 0 unspecified atom stereocenters. The molecule has 0 heterocycles. The zero-order chi connectivity index (χ0) is 18.7. The third-order valence-corrected chi connectivity index (χ3v) is 4.39. The van der Waals surface area contributed by atoms with Gasteiger partial charge in [0.05, 0.1) is 6.10 Å². The maximum atomic E-state index is 12.8. The molecule has 0 aliphatic rings. The van der Waals surface area contributed by atoms with Gasteiger partial charge in [0.25, 0.3) is 5.91 Å². The van der Waals surface area contributed by atoms with E-state index in [1.54, 1.807) is 0 Å². The summed E-state index contributed by atoms with van der Waals surface area (Å²) in [7, 11) is 0. The molecule has 1 aromatic carbocycles. The molecule has 1 aromatic rings. The van der Waals surface area contributed by atoms with Crippen LogP contribution in [0.3, 0.4) is 0 Å². The number of carbonyl (C=O) groups is 1. The first kappa shape index (κ1) is 21.5. The highest BCUT2D eigenvalue weighted by atomic mass is 16.5. The Labute approximate surface area is 153 Å². The summed E-state index contributed by atoms with van der Waals surface area (Å²) in [6, 6.07) is 7.54. The van der Waals surface area contributed by atoms with E-state index in [9.17, 15) is 4.79 Å². The highest BCUT2D eigenvalue weighted by Gasteiger charge is 2.33. The summed E-state index contributed by atoms with van der Waals surface area (Å²) < 4.78 is 11.7. The molecule has 25 heavy (non-hydrogen) atoms. The SMILES string of the molecule is CCCCC[C@@](C)(OCCC)C(=O)Nc1ccc(O[C@H](C)CC)cc1. The van der Waals surface area contributed by atoms with Gasteiger partial charge in [-0.05, 0) is 57.4 Å². The van der Waals surface area contributed by atoms with Crippen molar-refractivity contribution in [1.29, 1.82) is 0 Å². The molecule has 0 saturated heterocycles. The highest BCUT2D eigenvalue weighted by Crippen LogP contribution is 2.24. The van der Waals surface area contributed by atoms with Crippen molar-refractivity contribution in [2.45, 2.75) is 84.8 Å². The number of amides is 1. The fraction of sp³-hybridized carbons (Fsp3) is 0.667. The van der Waals surface area contributed by atoms with Gasteiger partial charge in [-0.25, -0.2) is 0 Å². The van der Waals surface area contributed by atoms with E-state index in [0.717, 1.165) is 50.0 Å². The molecular formula is C21H35NO3. The third kappa shape index (κ3) is 7.47. The summed E-state index contributed by atoms with van der Waals surface area (Å²) in [6.45, 7) is 10.8. The van der Waals surface area contributed by atoms with Crippen molar-refractivity contribution in [1.82, 2.24) is 0 Å². The molecule has 1 rings (SSSR count). The van der Waals surface area contributed by atoms with Crippen LogP contribution in [0.2, 0.25) is 0 Å². The standard InChI is InChI=1S/C21H35NO3/c1-6-9-10-15-21(5,24-16-7-2)20(23)22-18-11-13-19(14-12-18)25-17(4)8-3/h11-14,17H,6-10,15-16H2,1-5H3,(H,22,23)/t17-,21-/m1/s1. The van der Waals surface area contributed by atoms with E-state index in [4.69, 9.17) is 9.47 Å². The molecule has 4 heteroatoms. The quantitative estimate of drug-likeness (QED) is 0.502. The Morgan fingerprint density at radius 2 is 1.80 bits per heavy atom. The van der Waals surface area contributed by atoms with Gasteiger partial charge in [0.2, 0.25) is 0 Å². The topological polar surface area (TPSA) is 47.6 Å². The molecule has 1 N–H and O–H groups in total. The average Bonchev–Trinajstić information content (AvgIpc) is 2.61. The normalized spacial score (nSPS) is 14.6. The zero-order valence-corrected chi connectivity index (χ0v) is 16.6. The Bertz CT molecular complexity index is 500. The summed E-state index contributed by atoms with van der Waals surface area (Å²) in [5.74, 6) is 0.743. The summed E-state index contributed by atoms with van der Waals surface area (Å²) in [4.78, 5) is 12.8. The predicted molar refractivity (Wildman–Crippen MR) is 104 cm³/mol. The minimum Gasteiger partial charge on any atom is -0.491 e. The molecule has 0 saturated carbocycles. The molecule has 0 spiro atoms. The van der Waals surface area contributed by atoms with Gasteiger partial charge in [-0.15, -0.1) is 0 Å². The average molecular weight is 350 g/mol. The molecule has 0 aliphatic carbocycles. The van der Waals surface area contributed by atoms with Crippen LogP contribution in [-0.4, -0.2) is 24.2 Å². The maximum Gasteiger partial charge on any atom is 0.256 e. The van der Waals surface area contributed by atoms with Gasteiger partial charge in [-0.2, -0.15) is 0 Å². The molecule has 0 radical (unpaired) electrons. The second-order valence-electron chi connectivity index (χ2n) is 6.85. The van der Waals surface area contributed by atoms with Gasteiger partial charge in [0.15, 0.2) is 0 Å². The predicted octanol–water partition coefficient (Wildman–Crippen LogP) is 5.57. The second-order valence-corrected chi connectivity index (χ2v) is 6.85. The van der Waals surface area contributed by atoms with Crippen molar-refractivity contribution < 1.29 is 14.3 Å². The van der Waals surface area contributed by atoms with Crippen LogP contribution in [0, 0.1) is 0 Å². The smallest absolute Gasteiger partial charge is 0.256 e. The summed E-state index contributed by atoms with van der Waals surface area (Å²) >= 11 is 0. The molecule has 4 nitrogen and oxygen atoms in total. The van der Waals surface area contributed by atoms with Gasteiger partial charge in [0.1, 0.15) is 11.4 Å². The highest BCUT2D eigenvalue weighted by molar-refractivity contribution is 5.97. The number of benzene rings is 1. The molecule has 0 aromatic heterocycles. The van der Waals surface area contributed by atoms with Gasteiger partial charge < -0.3 is 14.8 Å². The van der Waals surface area contributed by atoms with Crippen LogP contribution in [0.25, 0.3) is 0 Å². The van der Waals surface area contributed by atoms with E-state index in [-0.39, 0.29) is 12.0 Å². The molecule has 0 bridgehead atoms. The lowest BCUT2D eigenvalue weighted by Gasteiger charge is -2.28. The summed E-state index contributed by atoms with van der Waals surface area (Å²) in [6.07, 6.45) is 6.02. The molecule has 0 aliphatic heterocycles. The minimum atomic E-state index is -0.781. The number of hydrogen-bond donors (Lipinski definition) is 1. The largest absolute Gasteiger partial charge is 0.491 e. The molecule has 2 atom stereocenters. The van der Waals surface area contributed by atoms with E-state index in [1.165, 1.54) is 0 Å². The first-order chi connectivity index (χ1) is 11.9. The lowest BCUT2D eigenvalue weighted by molar-refractivity contribution is -0.140. The molecule has 0 fully saturated rings. The van der Waals surface area contributed by atoms with Crippen LogP contribution in [-0.2, 0) is 9.53 Å². The van der Waals surface area contributed by atoms with E-state index in [0.29, 0.717) is 6.61 Å². The molecular weight excluding hydrogens is 314 g/mol. The van der Waals surface area contributed by atoms with E-state index >= 15 is 0 Å². The Morgan fingerprint density at radius 3 is 2.36 bits per heavy atom. The van der Waals surface area contributed by atoms with Crippen molar-refractivity contribution in [2.75, 3.05) is 11.9 Å². The van der Waals surface area contributed by atoms with Crippen molar-refractivity contribution in [3.8, 4) is 5.75 Å². The van der Waals surface area contributed by atoms with Crippen molar-refractivity contribution in [3.05, 3.63) is 24.3 Å². The van der Waals surface area contributed by atoms with Gasteiger partial charge >= 0.3 is 0 Å². The first-order valence-electron chi connectivity index (χ1n) is 9.67. The van der Waals surface area contributed by atoms with Gasteiger partial charge in [-0.3, -0.25) is 4.79 Å². The van der Waals surface area contributed by atoms with Crippen molar-refractivity contribution in [3.63, 3.8) is 0 Å².